The molecule has 2 N–H and O–H groups in total. The molecular weight excluding hydrogens is 329 g/mol. The summed E-state index contributed by atoms with van der Waals surface area (Å²) in [6.07, 6.45) is 0. The number of nitrogens with one attached hydrogen (secondary N) is 1. The Morgan fingerprint density at radius 3 is 2.52 bits per heavy atom. The molecule has 1 aliphatic rings. The first-order chi connectivity index (χ1) is 9.95. The van der Waals surface area contributed by atoms with Crippen LogP contribution in [0.5, 0.6) is 0 Å². The largest absolute Gasteiger partial charge is 0.510 e. The molecule has 0 unspecified atom stereocenters. The number of hydrogen-bond donors (Lipinski definition) is 2. The first-order valence-electron chi connectivity index (χ1n) is 6.13. The highest BCUT2D eigenvalue weighted by molar-refractivity contribution is 7.11. The first-order valence-corrected chi connectivity index (χ1v) is 7.76. The minimum Gasteiger partial charge on any atom is -0.510 e. The van der Waals surface area contributed by atoms with Crippen LogP contribution < -0.4 is 4.90 Å². The molecule has 3 rings (SSSR count). The number of halogens is 2. The molecule has 1 aromatic heterocycles. The third-order valence-corrected chi connectivity index (χ3v) is 4.51. The molecule has 2 aromatic rings. The van der Waals surface area contributed by atoms with Gasteiger partial charge < -0.3 is 10.0 Å². The van der Waals surface area contributed by atoms with Gasteiger partial charge in [-0.25, -0.2) is 4.98 Å². The summed E-state index contributed by atoms with van der Waals surface area (Å²) in [7, 11) is 0. The predicted octanol–water partition coefficient (Wildman–Crippen LogP) is 4.52. The van der Waals surface area contributed by atoms with Gasteiger partial charge in [0.25, 0.3) is 0 Å². The van der Waals surface area contributed by atoms with E-state index in [1.807, 2.05) is 12.3 Å². The van der Waals surface area contributed by atoms with Crippen molar-refractivity contribution < 1.29 is 5.11 Å². The molecule has 0 saturated heterocycles. The number of amidine groups is 1. The number of benzene rings is 1. The fraction of sp³-hybridized carbons (Fsp3) is 0.143. The highest BCUT2D eigenvalue weighted by Gasteiger charge is 2.31. The fourth-order valence-corrected chi connectivity index (χ4v) is 3.57. The zero-order valence-electron chi connectivity index (χ0n) is 11.0. The molecule has 1 aromatic carbocycles. The summed E-state index contributed by atoms with van der Waals surface area (Å²) in [5, 5.41) is 22.0. The molecule has 2 heterocycles. The van der Waals surface area contributed by atoms with Gasteiger partial charge in [0, 0.05) is 26.8 Å². The van der Waals surface area contributed by atoms with Crippen LogP contribution >= 0.6 is 34.5 Å². The topological polar surface area (TPSA) is 60.2 Å². The molecule has 7 heteroatoms. The lowest BCUT2D eigenvalue weighted by atomic mass is 10.2. The van der Waals surface area contributed by atoms with Gasteiger partial charge in [-0.15, -0.1) is 11.3 Å². The molecule has 0 fully saturated rings. The highest BCUT2D eigenvalue weighted by Crippen LogP contribution is 2.34. The summed E-state index contributed by atoms with van der Waals surface area (Å²) in [5.41, 5.74) is 2.00. The lowest BCUT2D eigenvalue weighted by molar-refractivity contribution is 0.411. The maximum Gasteiger partial charge on any atom is 0.139 e. The van der Waals surface area contributed by atoms with Gasteiger partial charge in [-0.3, -0.25) is 5.41 Å². The maximum atomic E-state index is 10.2. The Hall–Kier alpha value is -1.56. The van der Waals surface area contributed by atoms with Crippen LogP contribution in [-0.2, 0) is 0 Å². The lowest BCUT2D eigenvalue weighted by Crippen LogP contribution is -2.26. The van der Waals surface area contributed by atoms with E-state index in [-0.39, 0.29) is 18.1 Å². The van der Waals surface area contributed by atoms with Gasteiger partial charge in [-0.1, -0.05) is 23.2 Å². The highest BCUT2D eigenvalue weighted by atomic mass is 35.5. The van der Waals surface area contributed by atoms with E-state index < -0.39 is 0 Å². The molecule has 108 valence electrons. The summed E-state index contributed by atoms with van der Waals surface area (Å²) in [6.45, 7) is 2.09. The van der Waals surface area contributed by atoms with Gasteiger partial charge >= 0.3 is 0 Å². The Morgan fingerprint density at radius 2 is 1.95 bits per heavy atom. The van der Waals surface area contributed by atoms with Gasteiger partial charge in [-0.2, -0.15) is 0 Å². The van der Waals surface area contributed by atoms with Crippen molar-refractivity contribution in [2.45, 2.75) is 6.92 Å². The average Bonchev–Trinajstić information content (AvgIpc) is 2.92. The van der Waals surface area contributed by atoms with E-state index in [4.69, 9.17) is 28.6 Å². The van der Waals surface area contributed by atoms with E-state index in [2.05, 4.69) is 4.98 Å². The standard InChI is InChI=1S/C14H11Cl2N3OS/c1-7-6-21-14(18-7)12-11(20)5-19(13(12)17)10-3-8(15)2-9(16)4-10/h2-4,6,17,20H,5H2,1H3. The summed E-state index contributed by atoms with van der Waals surface area (Å²) < 4.78 is 0. The second kappa shape index (κ2) is 5.33. The lowest BCUT2D eigenvalue weighted by Gasteiger charge is -2.19. The average molecular weight is 340 g/mol. The van der Waals surface area contributed by atoms with Gasteiger partial charge in [0.1, 0.15) is 16.6 Å². The molecule has 1 aliphatic heterocycles. The van der Waals surface area contributed by atoms with E-state index >= 15 is 0 Å². The van der Waals surface area contributed by atoms with Crippen LogP contribution in [-0.4, -0.2) is 22.5 Å². The number of thiazole rings is 1. The molecule has 21 heavy (non-hydrogen) atoms. The Kier molecular flexibility index (Phi) is 3.65. The maximum absolute atomic E-state index is 10.2. The molecule has 0 atom stereocenters. The molecule has 0 radical (unpaired) electrons. The Balaban J connectivity index is 1.98. The van der Waals surface area contributed by atoms with Crippen LogP contribution in [0.2, 0.25) is 10.0 Å². The van der Waals surface area contributed by atoms with E-state index in [0.29, 0.717) is 26.3 Å². The normalized spacial score (nSPS) is 15.2. The van der Waals surface area contributed by atoms with Crippen LogP contribution in [0.4, 0.5) is 5.69 Å². The van der Waals surface area contributed by atoms with Crippen molar-refractivity contribution in [1.82, 2.24) is 4.98 Å². The fourth-order valence-electron chi connectivity index (χ4n) is 2.19. The molecular formula is C14H11Cl2N3OS. The van der Waals surface area contributed by atoms with Crippen molar-refractivity contribution in [3.63, 3.8) is 0 Å². The molecule has 0 bridgehead atoms. The SMILES string of the molecule is Cc1csc(C2=C(O)CN(c3cc(Cl)cc(Cl)c3)C2=N)n1. The van der Waals surface area contributed by atoms with Crippen LogP contribution in [0, 0.1) is 12.3 Å². The molecule has 0 spiro atoms. The summed E-state index contributed by atoms with van der Waals surface area (Å²) in [6, 6.07) is 5.06. The van der Waals surface area contributed by atoms with Crippen LogP contribution in [0.3, 0.4) is 0 Å². The van der Waals surface area contributed by atoms with Crippen LogP contribution in [0.25, 0.3) is 5.57 Å². The summed E-state index contributed by atoms with van der Waals surface area (Å²) in [4.78, 5) is 5.99. The number of nitrogens with zero attached hydrogens (tertiary/aromatic N) is 2. The number of aromatic nitrogens is 1. The number of aryl methyl sites for hydroxylation is 1. The number of rotatable bonds is 2. The van der Waals surface area contributed by atoms with Crippen LogP contribution in [0.15, 0.2) is 29.3 Å². The summed E-state index contributed by atoms with van der Waals surface area (Å²) >= 11 is 13.4. The van der Waals surface area contributed by atoms with Crippen molar-refractivity contribution in [2.24, 2.45) is 0 Å². The quantitative estimate of drug-likeness (QED) is 0.845. The van der Waals surface area contributed by atoms with Crippen molar-refractivity contribution in [1.29, 1.82) is 5.41 Å². The molecule has 4 nitrogen and oxygen atoms in total. The van der Waals surface area contributed by atoms with Crippen molar-refractivity contribution in [3.8, 4) is 0 Å². The molecule has 0 amide bonds. The minimum atomic E-state index is 0.130. The molecule has 0 aliphatic carbocycles. The third kappa shape index (κ3) is 2.64. The molecule has 0 saturated carbocycles. The Morgan fingerprint density at radius 1 is 1.29 bits per heavy atom. The number of aliphatic hydroxyl groups is 1. The summed E-state index contributed by atoms with van der Waals surface area (Å²) in [5.74, 6) is 0.325. The van der Waals surface area contributed by atoms with Crippen LogP contribution in [0.1, 0.15) is 10.7 Å². The first kappa shape index (κ1) is 14.4. The van der Waals surface area contributed by atoms with Gasteiger partial charge in [0.05, 0.1) is 12.1 Å². The third-order valence-electron chi connectivity index (χ3n) is 3.10. The smallest absolute Gasteiger partial charge is 0.139 e. The van der Waals surface area contributed by atoms with Crippen molar-refractivity contribution >= 4 is 51.6 Å². The van der Waals surface area contributed by atoms with Gasteiger partial charge in [0.2, 0.25) is 0 Å². The zero-order chi connectivity index (χ0) is 15.1. The second-order valence-electron chi connectivity index (χ2n) is 4.68. The number of aliphatic hydroxyl groups excluding tert-OH is 1. The predicted molar refractivity (Wildman–Crippen MR) is 87.9 cm³/mol. The number of hydrogen-bond acceptors (Lipinski definition) is 4. The second-order valence-corrected chi connectivity index (χ2v) is 6.41. The monoisotopic (exact) mass is 339 g/mol. The van der Waals surface area contributed by atoms with E-state index in [9.17, 15) is 5.11 Å². The Bertz CT molecular complexity index is 749. The zero-order valence-corrected chi connectivity index (χ0v) is 13.4. The van der Waals surface area contributed by atoms with Gasteiger partial charge in [-0.05, 0) is 25.1 Å². The van der Waals surface area contributed by atoms with E-state index in [1.165, 1.54) is 11.3 Å². The van der Waals surface area contributed by atoms with Crippen molar-refractivity contribution in [3.05, 3.63) is 50.1 Å². The van der Waals surface area contributed by atoms with E-state index in [1.54, 1.807) is 23.1 Å². The Labute approximate surface area is 135 Å². The van der Waals surface area contributed by atoms with E-state index in [0.717, 1.165) is 5.69 Å². The van der Waals surface area contributed by atoms with Crippen molar-refractivity contribution in [2.75, 3.05) is 11.4 Å². The van der Waals surface area contributed by atoms with Gasteiger partial charge in [0.15, 0.2) is 0 Å². The number of anilines is 1. The minimum absolute atomic E-state index is 0.130.